The summed E-state index contributed by atoms with van der Waals surface area (Å²) in [6, 6.07) is 42.6. The third kappa shape index (κ3) is 59.3. The van der Waals surface area contributed by atoms with Crippen molar-refractivity contribution in [3.05, 3.63) is 156 Å². The van der Waals surface area contributed by atoms with E-state index in [4.69, 9.17) is 47.4 Å². The van der Waals surface area contributed by atoms with E-state index >= 15 is 0 Å². The monoisotopic (exact) mass is 1560 g/mol. The molecule has 628 valence electrons. The van der Waals surface area contributed by atoms with Crippen LogP contribution in [0.1, 0.15) is 227 Å². The standard InChI is InChI=1S/C21H26O3.C20H24O3.C18H24N2O2.C13H26O3.C12H24O3.C9H18O2.H3N/c1-16(22)15-23-13-14-24-20-11-7-18(8-12-20)17-5-9-19(10-6-17)21(2,3)4;1-15(21)13-22-14-16-5-9-18(10-6-16)23-19-11-7-17(8-12-19)20(2,3)4;1-14(21)13-15-5-7-16(8-6-15)17-9-10-20(19-17)11-12-22-18(2,3)4;1-12(14)11-16-9-6-5-8-15-10-7-13(2,3)4;1-11(13)10-15-8-5-7-14-9-6-12(2,3)4;1-8(10)7-11-6-5-9(2,3)4;/h5-12H,13-15H2,1-4H3;5-12H,13-14H2,1-4H3;5-10H,11-13H2,1-4H3;5-11H2,1-4H3;5-10H2,1-4H3;5-7H2,1-4H3;1H3. The summed E-state index contributed by atoms with van der Waals surface area (Å²) in [5, 5.41) is 4.56. The Balaban J connectivity index is 0.00000134. The van der Waals surface area contributed by atoms with Gasteiger partial charge in [-0.2, -0.15) is 5.10 Å². The van der Waals surface area contributed by atoms with E-state index in [0.717, 1.165) is 110 Å². The third-order valence-corrected chi connectivity index (χ3v) is 15.7. The van der Waals surface area contributed by atoms with Crippen LogP contribution < -0.4 is 15.6 Å². The van der Waals surface area contributed by atoms with Crippen LogP contribution in [0.15, 0.2) is 134 Å². The Labute approximate surface area is 674 Å². The lowest BCUT2D eigenvalue weighted by atomic mass is 9.86. The maximum atomic E-state index is 11.1. The zero-order valence-electron chi connectivity index (χ0n) is 73.3. The summed E-state index contributed by atoms with van der Waals surface area (Å²) in [4.78, 5) is 64.2. The largest absolute Gasteiger partial charge is 0.491 e. The third-order valence-electron chi connectivity index (χ3n) is 15.7. The van der Waals surface area contributed by atoms with Crippen LogP contribution in [0.25, 0.3) is 22.4 Å². The minimum absolute atomic E-state index is 0. The second kappa shape index (κ2) is 55.9. The number of hydrogen-bond acceptors (Lipinski definition) is 18. The Morgan fingerprint density at radius 2 is 0.688 bits per heavy atom. The number of unbranched alkanes of at least 4 members (excludes halogenated alkanes) is 1. The second-order valence-electron chi connectivity index (χ2n) is 34.7. The predicted octanol–water partition coefficient (Wildman–Crippen LogP) is 20.5. The van der Waals surface area contributed by atoms with Crippen LogP contribution in [-0.2, 0) is 97.1 Å². The van der Waals surface area contributed by atoms with E-state index in [9.17, 15) is 28.8 Å². The molecule has 0 bridgehead atoms. The topological polar surface area (TPSA) is 248 Å². The fourth-order valence-electron chi connectivity index (χ4n) is 9.29. The number of aromatic nitrogens is 2. The molecule has 5 aromatic carbocycles. The molecule has 0 fully saturated rings. The summed E-state index contributed by atoms with van der Waals surface area (Å²) in [6.07, 6.45) is 8.43. The van der Waals surface area contributed by atoms with Gasteiger partial charge in [0.2, 0.25) is 0 Å². The molecule has 0 aliphatic rings. The molecule has 3 N–H and O–H groups in total. The van der Waals surface area contributed by atoms with E-state index < -0.39 is 0 Å². The van der Waals surface area contributed by atoms with Gasteiger partial charge >= 0.3 is 0 Å². The Kier molecular flexibility index (Phi) is 52.2. The first kappa shape index (κ1) is 105. The molecule has 1 aromatic heterocycles. The summed E-state index contributed by atoms with van der Waals surface area (Å²) in [5.74, 6) is 2.89. The van der Waals surface area contributed by atoms with E-state index in [0.29, 0.717) is 75.5 Å². The highest BCUT2D eigenvalue weighted by atomic mass is 16.5. The minimum Gasteiger partial charge on any atom is -0.491 e. The smallest absolute Gasteiger partial charge is 0.155 e. The molecular formula is C93H145N3O16. The highest BCUT2D eigenvalue weighted by Gasteiger charge is 2.17. The van der Waals surface area contributed by atoms with Crippen molar-refractivity contribution in [1.29, 1.82) is 0 Å². The van der Waals surface area contributed by atoms with Gasteiger partial charge in [0.1, 0.15) is 62.7 Å². The van der Waals surface area contributed by atoms with Gasteiger partial charge in [-0.25, -0.2) is 0 Å². The maximum Gasteiger partial charge on any atom is 0.155 e. The minimum atomic E-state index is -0.122. The van der Waals surface area contributed by atoms with Crippen LogP contribution >= 0.6 is 0 Å². The van der Waals surface area contributed by atoms with Crippen LogP contribution in [0.5, 0.6) is 17.2 Å². The summed E-state index contributed by atoms with van der Waals surface area (Å²) in [7, 11) is 0. The summed E-state index contributed by atoms with van der Waals surface area (Å²) >= 11 is 0. The van der Waals surface area contributed by atoms with Crippen molar-refractivity contribution in [1.82, 2.24) is 15.9 Å². The normalized spacial score (nSPS) is 11.4. The van der Waals surface area contributed by atoms with E-state index in [1.54, 1.807) is 6.92 Å². The number of benzene rings is 5. The van der Waals surface area contributed by atoms with Crippen LogP contribution in [0.4, 0.5) is 0 Å². The lowest BCUT2D eigenvalue weighted by Crippen LogP contribution is -2.22. The van der Waals surface area contributed by atoms with Gasteiger partial charge in [-0.3, -0.25) is 33.4 Å². The molecule has 0 amide bonds. The maximum absolute atomic E-state index is 11.1. The van der Waals surface area contributed by atoms with E-state index in [2.05, 4.69) is 157 Å². The summed E-state index contributed by atoms with van der Waals surface area (Å²) < 4.78 is 55.9. The molecule has 0 aliphatic carbocycles. The number of rotatable bonds is 40. The van der Waals surface area contributed by atoms with E-state index in [1.165, 1.54) is 51.3 Å². The molecule has 1 heterocycles. The molecule has 6 aromatic rings. The molecule has 0 saturated heterocycles. The Morgan fingerprint density at radius 1 is 0.339 bits per heavy atom. The summed E-state index contributed by atoms with van der Waals surface area (Å²) in [5.41, 5.74) is 10.2. The Bertz CT molecular complexity index is 3500. The molecule has 0 atom stereocenters. The predicted molar refractivity (Wildman–Crippen MR) is 455 cm³/mol. The Morgan fingerprint density at radius 3 is 1.11 bits per heavy atom. The van der Waals surface area contributed by atoms with Gasteiger partial charge in [-0.15, -0.1) is 0 Å². The fraction of sp³-hybridized carbons (Fsp3) is 0.581. The van der Waals surface area contributed by atoms with Crippen molar-refractivity contribution in [3.63, 3.8) is 0 Å². The van der Waals surface area contributed by atoms with Gasteiger partial charge in [0, 0.05) is 64.4 Å². The average Bonchev–Trinajstić information content (AvgIpc) is 1.11. The van der Waals surface area contributed by atoms with Gasteiger partial charge in [0.25, 0.3) is 0 Å². The zero-order chi connectivity index (χ0) is 83.7. The van der Waals surface area contributed by atoms with Crippen molar-refractivity contribution in [2.45, 2.75) is 241 Å². The van der Waals surface area contributed by atoms with Gasteiger partial charge in [0.15, 0.2) is 28.9 Å². The quantitative estimate of drug-likeness (QED) is 0.0351. The molecule has 19 nitrogen and oxygen atoms in total. The SMILES string of the molecule is CC(=O)COCCC(C)(C)C.CC(=O)COCCCCOCCC(C)(C)C.CC(=O)COCCCOCCC(C)(C)C.CC(=O)COCCOc1ccc(-c2ccc(C(C)(C)C)cc2)cc1.CC(=O)COCc1ccc(Oc2ccc(C(C)(C)C)cc2)cc1.CC(=O)Cc1ccc(-c2ccn(CCOC(C)(C)C)n2)cc1.N. The first-order chi connectivity index (χ1) is 51.8. The molecule has 0 unspecified atom stereocenters. The van der Waals surface area contributed by atoms with E-state index in [1.807, 2.05) is 111 Å². The highest BCUT2D eigenvalue weighted by molar-refractivity contribution is 5.79. The number of nitrogens with zero attached hydrogens (tertiary/aromatic N) is 2. The fourth-order valence-corrected chi connectivity index (χ4v) is 9.29. The van der Waals surface area contributed by atoms with E-state index in [-0.39, 0.29) is 90.3 Å². The van der Waals surface area contributed by atoms with Crippen LogP contribution in [0.2, 0.25) is 0 Å². The van der Waals surface area contributed by atoms with Gasteiger partial charge in [-0.1, -0.05) is 189 Å². The molecule has 19 heteroatoms. The molecule has 0 aliphatic heterocycles. The highest BCUT2D eigenvalue weighted by Crippen LogP contribution is 2.30. The first-order valence-corrected chi connectivity index (χ1v) is 39.3. The number of Topliss-reactive ketones (excluding diaryl/α,β-unsaturated/α-hetero) is 6. The first-order valence-electron chi connectivity index (χ1n) is 39.3. The van der Waals surface area contributed by atoms with Crippen LogP contribution in [0, 0.1) is 16.2 Å². The molecule has 112 heavy (non-hydrogen) atoms. The van der Waals surface area contributed by atoms with Crippen LogP contribution in [0.3, 0.4) is 0 Å². The van der Waals surface area contributed by atoms with Crippen molar-refractivity contribution < 1.29 is 76.1 Å². The average molecular weight is 1560 g/mol. The lowest BCUT2D eigenvalue weighted by Gasteiger charge is -2.19. The number of hydrogen-bond donors (Lipinski definition) is 1. The lowest BCUT2D eigenvalue weighted by molar-refractivity contribution is -0.122. The molecule has 0 radical (unpaired) electrons. The van der Waals surface area contributed by atoms with Crippen LogP contribution in [-0.4, -0.2) is 149 Å². The van der Waals surface area contributed by atoms with Gasteiger partial charge < -0.3 is 53.5 Å². The molecule has 6 rings (SSSR count). The zero-order valence-corrected chi connectivity index (χ0v) is 73.3. The number of ketones is 6. The molecule has 0 saturated carbocycles. The number of ether oxygens (including phenoxy) is 10. The molecular weight excluding hydrogens is 1420 g/mol. The van der Waals surface area contributed by atoms with Gasteiger partial charge in [0.05, 0.1) is 37.7 Å². The Hall–Kier alpha value is -7.43. The number of carbonyl (C=O) groups excluding carboxylic acids is 6. The summed E-state index contributed by atoms with van der Waals surface area (Å²) in [6.45, 7) is 57.1. The molecule has 0 spiro atoms. The van der Waals surface area contributed by atoms with Crippen molar-refractivity contribution in [2.24, 2.45) is 16.2 Å². The second-order valence-corrected chi connectivity index (χ2v) is 34.7. The van der Waals surface area contributed by atoms with Crippen molar-refractivity contribution in [2.75, 3.05) is 99.1 Å². The number of carbonyl (C=O) groups is 6. The van der Waals surface area contributed by atoms with Gasteiger partial charge in [-0.05, 0) is 204 Å². The van der Waals surface area contributed by atoms with Crippen molar-refractivity contribution >= 4 is 34.7 Å². The van der Waals surface area contributed by atoms with Crippen molar-refractivity contribution in [3.8, 4) is 39.6 Å².